The molecule has 0 aliphatic heterocycles. The topological polar surface area (TPSA) is 63.3 Å². The Labute approximate surface area is 176 Å². The molecule has 0 aromatic heterocycles. The summed E-state index contributed by atoms with van der Waals surface area (Å²) in [7, 11) is 6.32. The van der Waals surface area contributed by atoms with E-state index in [9.17, 15) is 4.79 Å². The molecule has 1 atom stereocenters. The van der Waals surface area contributed by atoms with Crippen molar-refractivity contribution in [3.05, 3.63) is 0 Å². The second kappa shape index (κ2) is 22.0. The van der Waals surface area contributed by atoms with Crippen molar-refractivity contribution in [3.63, 3.8) is 0 Å². The van der Waals surface area contributed by atoms with E-state index in [2.05, 4.69) is 35.0 Å². The third-order valence-corrected chi connectivity index (χ3v) is 4.91. The van der Waals surface area contributed by atoms with Gasteiger partial charge in [0.25, 0.3) is 0 Å². The van der Waals surface area contributed by atoms with Gasteiger partial charge in [-0.15, -0.1) is 12.4 Å². The average Bonchev–Trinajstić information content (AvgIpc) is 2.57. The van der Waals surface area contributed by atoms with Gasteiger partial charge in [-0.1, -0.05) is 90.9 Å². The van der Waals surface area contributed by atoms with Gasteiger partial charge in [-0.05, 0) is 6.42 Å². The second-order valence-corrected chi connectivity index (χ2v) is 8.48. The molecule has 0 rings (SSSR count). The number of nitrogens with zero attached hydrogens (tertiary/aromatic N) is 1. The zero-order valence-electron chi connectivity index (χ0n) is 19.0. The number of rotatable bonds is 16. The van der Waals surface area contributed by atoms with Crippen LogP contribution in [0.4, 0.5) is 0 Å². The molecule has 0 bridgehead atoms. The minimum Gasteiger partial charge on any atom is -0.481 e. The molecule has 0 heterocycles. The van der Waals surface area contributed by atoms with Crippen LogP contribution < -0.4 is 5.73 Å². The molecule has 0 aromatic carbocycles. The third kappa shape index (κ3) is 28.0. The van der Waals surface area contributed by atoms with E-state index < -0.39 is 5.97 Å². The second-order valence-electron chi connectivity index (χ2n) is 8.48. The van der Waals surface area contributed by atoms with E-state index in [1.54, 1.807) is 0 Å². The molecule has 5 heteroatoms. The van der Waals surface area contributed by atoms with Gasteiger partial charge in [0.15, 0.2) is 0 Å². The van der Waals surface area contributed by atoms with Gasteiger partial charge in [0.05, 0.1) is 21.1 Å². The molecule has 166 valence electrons. The number of halogens is 1. The molecule has 4 nitrogen and oxygen atoms in total. The van der Waals surface area contributed by atoms with E-state index in [1.165, 1.54) is 70.6 Å². The van der Waals surface area contributed by atoms with Gasteiger partial charge in [0.1, 0.15) is 6.17 Å². The molecule has 0 fully saturated rings. The van der Waals surface area contributed by atoms with Crippen molar-refractivity contribution in [2.24, 2.45) is 5.73 Å². The molecular formula is C22H50ClN2O2+. The van der Waals surface area contributed by atoms with Crippen LogP contribution in [-0.2, 0) is 4.79 Å². The fourth-order valence-electron chi connectivity index (χ4n) is 2.84. The number of unbranched alkanes of at least 4 members (excludes halogenated alkanes) is 12. The van der Waals surface area contributed by atoms with Crippen LogP contribution in [0.1, 0.15) is 110 Å². The molecule has 0 spiro atoms. The van der Waals surface area contributed by atoms with Gasteiger partial charge < -0.3 is 9.59 Å². The molecule has 0 saturated heterocycles. The van der Waals surface area contributed by atoms with Crippen LogP contribution in [0.3, 0.4) is 0 Å². The Morgan fingerprint density at radius 2 is 1.11 bits per heavy atom. The predicted molar refractivity (Wildman–Crippen MR) is 121 cm³/mol. The van der Waals surface area contributed by atoms with Gasteiger partial charge in [-0.3, -0.25) is 10.5 Å². The van der Waals surface area contributed by atoms with Crippen LogP contribution in [0.2, 0.25) is 0 Å². The Kier molecular flexibility index (Phi) is 25.5. The van der Waals surface area contributed by atoms with Crippen molar-refractivity contribution in [3.8, 4) is 0 Å². The molecule has 0 aliphatic carbocycles. The van der Waals surface area contributed by atoms with Crippen LogP contribution in [-0.4, -0.2) is 42.9 Å². The quantitative estimate of drug-likeness (QED) is 0.177. The smallest absolute Gasteiger partial charge is 0.303 e. The summed E-state index contributed by atoms with van der Waals surface area (Å²) in [4.78, 5) is 10.3. The summed E-state index contributed by atoms with van der Waals surface area (Å²) < 4.78 is 0.858. The third-order valence-electron chi connectivity index (χ3n) is 4.91. The van der Waals surface area contributed by atoms with Crippen LogP contribution in [0.25, 0.3) is 0 Å². The minimum absolute atomic E-state index is 0. The van der Waals surface area contributed by atoms with Gasteiger partial charge in [-0.2, -0.15) is 0 Å². The Morgan fingerprint density at radius 1 is 0.778 bits per heavy atom. The molecule has 27 heavy (non-hydrogen) atoms. The van der Waals surface area contributed by atoms with Gasteiger partial charge >= 0.3 is 5.97 Å². The van der Waals surface area contributed by atoms with Crippen molar-refractivity contribution in [2.45, 2.75) is 116 Å². The van der Waals surface area contributed by atoms with E-state index >= 15 is 0 Å². The highest BCUT2D eigenvalue weighted by molar-refractivity contribution is 5.85. The number of quaternary nitrogens is 1. The first-order valence-corrected chi connectivity index (χ1v) is 11.0. The summed E-state index contributed by atoms with van der Waals surface area (Å²) >= 11 is 0. The normalized spacial score (nSPS) is 11.9. The van der Waals surface area contributed by atoms with Crippen molar-refractivity contribution in [2.75, 3.05) is 21.1 Å². The summed E-state index contributed by atoms with van der Waals surface area (Å²) in [5.41, 5.74) is 5.72. The summed E-state index contributed by atoms with van der Waals surface area (Å²) in [5.74, 6) is -0.655. The maximum Gasteiger partial charge on any atom is 0.303 e. The lowest BCUT2D eigenvalue weighted by atomic mass is 10.0. The summed E-state index contributed by atoms with van der Waals surface area (Å²) in [6, 6.07) is 0. The van der Waals surface area contributed by atoms with E-state index in [0.29, 0.717) is 6.42 Å². The number of carbonyl (C=O) groups is 1. The molecule has 0 amide bonds. The number of carboxylic acid groups (broad SMARTS) is 1. The van der Waals surface area contributed by atoms with Gasteiger partial charge in [0, 0.05) is 12.8 Å². The Balaban J connectivity index is -0.000000542. The van der Waals surface area contributed by atoms with Crippen LogP contribution >= 0.6 is 12.4 Å². The van der Waals surface area contributed by atoms with Crippen LogP contribution in [0, 0.1) is 0 Å². The monoisotopic (exact) mass is 409 g/mol. The number of nitrogens with two attached hydrogens (primary N) is 1. The number of hydrogen-bond donors (Lipinski definition) is 2. The van der Waals surface area contributed by atoms with E-state index in [0.717, 1.165) is 23.7 Å². The fraction of sp³-hybridized carbons (Fsp3) is 0.955. The Hall–Kier alpha value is -0.320. The highest BCUT2D eigenvalue weighted by atomic mass is 35.5. The van der Waals surface area contributed by atoms with E-state index in [1.807, 2.05) is 0 Å². The van der Waals surface area contributed by atoms with Crippen molar-refractivity contribution in [1.29, 1.82) is 0 Å². The first-order valence-electron chi connectivity index (χ1n) is 11.0. The molecule has 1 unspecified atom stereocenters. The molecule has 3 N–H and O–H groups in total. The Bertz CT molecular complexity index is 307. The van der Waals surface area contributed by atoms with Gasteiger partial charge in [-0.25, -0.2) is 0 Å². The lowest BCUT2D eigenvalue weighted by Gasteiger charge is -2.30. The van der Waals surface area contributed by atoms with E-state index in [4.69, 9.17) is 10.8 Å². The molecule has 0 aliphatic rings. The highest BCUT2D eigenvalue weighted by Gasteiger charge is 2.14. The first kappa shape index (κ1) is 31.4. The highest BCUT2D eigenvalue weighted by Crippen LogP contribution is 2.12. The minimum atomic E-state index is -0.655. The van der Waals surface area contributed by atoms with Crippen LogP contribution in [0.15, 0.2) is 0 Å². The van der Waals surface area contributed by atoms with Crippen molar-refractivity contribution < 1.29 is 14.4 Å². The summed E-state index contributed by atoms with van der Waals surface area (Å²) in [6.07, 6.45) is 18.6. The predicted octanol–water partition coefficient (Wildman–Crippen LogP) is 6.36. The Morgan fingerprint density at radius 3 is 1.33 bits per heavy atom. The van der Waals surface area contributed by atoms with Gasteiger partial charge in [0.2, 0.25) is 0 Å². The lowest BCUT2D eigenvalue weighted by Crippen LogP contribution is -2.50. The standard InChI is InChI=1S/C16H32O2.C6H17N2.ClH/c1-2-3-4-5-6-7-8-9-10-11-12-13-14-15-16(17)18;1-5-6(7)8(2,3)4;/h2-15H2,1H3,(H,17,18);6H,5,7H2,1-4H3;1H/q;+1;. The molecular weight excluding hydrogens is 360 g/mol. The van der Waals surface area contributed by atoms with Crippen molar-refractivity contribution >= 4 is 18.4 Å². The number of hydrogen-bond acceptors (Lipinski definition) is 2. The van der Waals surface area contributed by atoms with Crippen LogP contribution in [0.5, 0.6) is 0 Å². The molecule has 0 aromatic rings. The van der Waals surface area contributed by atoms with E-state index in [-0.39, 0.29) is 18.6 Å². The SMILES string of the molecule is CCC(N)[N+](C)(C)C.CCCCCCCCCCCCCCCC(=O)O.Cl. The molecule has 0 saturated carbocycles. The number of aliphatic carboxylic acids is 1. The average molecular weight is 410 g/mol. The number of carboxylic acids is 1. The summed E-state index contributed by atoms with van der Waals surface area (Å²) in [5, 5.41) is 8.49. The lowest BCUT2D eigenvalue weighted by molar-refractivity contribution is -0.895. The fourth-order valence-corrected chi connectivity index (χ4v) is 2.84. The zero-order chi connectivity index (χ0) is 20.3. The zero-order valence-corrected chi connectivity index (χ0v) is 19.8. The maximum atomic E-state index is 10.3. The van der Waals surface area contributed by atoms with Crippen molar-refractivity contribution in [1.82, 2.24) is 0 Å². The summed E-state index contributed by atoms with van der Waals surface area (Å²) in [6.45, 7) is 4.37. The largest absolute Gasteiger partial charge is 0.481 e. The molecule has 0 radical (unpaired) electrons. The maximum absolute atomic E-state index is 10.3. The first-order chi connectivity index (χ1) is 12.3.